The molecule has 11 nitrogen and oxygen atoms in total. The smallest absolute Gasteiger partial charge is 0.311 e. The van der Waals surface area contributed by atoms with Crippen LogP contribution in [-0.2, 0) is 4.74 Å². The van der Waals surface area contributed by atoms with Crippen molar-refractivity contribution < 1.29 is 14.4 Å². The van der Waals surface area contributed by atoms with Crippen molar-refractivity contribution in [2.24, 2.45) is 0 Å². The highest BCUT2D eigenvalue weighted by atomic mass is 16.6. The van der Waals surface area contributed by atoms with Gasteiger partial charge >= 0.3 is 5.69 Å². The highest BCUT2D eigenvalue weighted by Gasteiger charge is 2.20. The zero-order valence-electron chi connectivity index (χ0n) is 15.0. The Balaban J connectivity index is 1.70. The summed E-state index contributed by atoms with van der Waals surface area (Å²) in [5.41, 5.74) is 1.05. The summed E-state index contributed by atoms with van der Waals surface area (Å²) >= 11 is 0. The molecule has 2 aromatic heterocycles. The lowest BCUT2D eigenvalue weighted by Crippen LogP contribution is -2.33. The maximum Gasteiger partial charge on any atom is 0.311 e. The number of nitrogens with zero attached hydrogens (tertiary/aromatic N) is 5. The molecule has 4 rings (SSSR count). The van der Waals surface area contributed by atoms with Crippen molar-refractivity contribution in [2.45, 2.75) is 6.10 Å². The molecule has 0 bridgehead atoms. The lowest BCUT2D eigenvalue weighted by molar-refractivity contribution is -0.385. The van der Waals surface area contributed by atoms with E-state index in [4.69, 9.17) is 9.47 Å². The third-order valence-electron chi connectivity index (χ3n) is 4.30. The number of nitro groups is 1. The van der Waals surface area contributed by atoms with E-state index in [2.05, 4.69) is 30.6 Å². The molecule has 1 atom stereocenters. The lowest BCUT2D eigenvalue weighted by atomic mass is 10.2. The average molecular weight is 383 g/mol. The van der Waals surface area contributed by atoms with E-state index in [-0.39, 0.29) is 17.5 Å². The minimum Gasteiger partial charge on any atom is -0.490 e. The summed E-state index contributed by atoms with van der Waals surface area (Å²) < 4.78 is 10.8. The molecule has 1 saturated heterocycles. The SMILES string of the molecule is COc1cc2ncnc(Nc3nccc(C4CNCCO4)n3)c2cc1[N+](=O)[O-]. The van der Waals surface area contributed by atoms with Crippen molar-refractivity contribution in [2.75, 3.05) is 32.1 Å². The number of methoxy groups -OCH3 is 1. The number of morpholine rings is 1. The zero-order valence-corrected chi connectivity index (χ0v) is 15.0. The van der Waals surface area contributed by atoms with E-state index >= 15 is 0 Å². The Morgan fingerprint density at radius 3 is 3.00 bits per heavy atom. The lowest BCUT2D eigenvalue weighted by Gasteiger charge is -2.23. The number of benzene rings is 1. The Morgan fingerprint density at radius 2 is 2.25 bits per heavy atom. The van der Waals surface area contributed by atoms with E-state index < -0.39 is 4.92 Å². The Bertz CT molecular complexity index is 1020. The maximum atomic E-state index is 11.3. The van der Waals surface area contributed by atoms with Gasteiger partial charge in [0.15, 0.2) is 5.75 Å². The van der Waals surface area contributed by atoms with Gasteiger partial charge in [-0.15, -0.1) is 0 Å². The molecule has 1 aromatic carbocycles. The molecular formula is C17H17N7O4. The number of nitrogens with one attached hydrogen (secondary N) is 2. The van der Waals surface area contributed by atoms with Crippen LogP contribution in [0.5, 0.6) is 5.75 Å². The van der Waals surface area contributed by atoms with Crippen molar-refractivity contribution in [1.82, 2.24) is 25.3 Å². The van der Waals surface area contributed by atoms with E-state index in [1.54, 1.807) is 12.3 Å². The van der Waals surface area contributed by atoms with Gasteiger partial charge < -0.3 is 20.1 Å². The molecule has 3 heterocycles. The van der Waals surface area contributed by atoms with Gasteiger partial charge in [0.25, 0.3) is 0 Å². The molecule has 1 fully saturated rings. The van der Waals surface area contributed by atoms with Crippen molar-refractivity contribution in [3.05, 3.63) is 46.5 Å². The Kier molecular flexibility index (Phi) is 4.91. The van der Waals surface area contributed by atoms with Crippen LogP contribution < -0.4 is 15.4 Å². The fourth-order valence-corrected chi connectivity index (χ4v) is 2.95. The first-order chi connectivity index (χ1) is 13.7. The van der Waals surface area contributed by atoms with Gasteiger partial charge in [-0.25, -0.2) is 19.9 Å². The third-order valence-corrected chi connectivity index (χ3v) is 4.30. The van der Waals surface area contributed by atoms with E-state index in [1.165, 1.54) is 25.6 Å². The van der Waals surface area contributed by atoms with Gasteiger partial charge in [-0.3, -0.25) is 10.1 Å². The second-order valence-electron chi connectivity index (χ2n) is 6.01. The van der Waals surface area contributed by atoms with Crippen molar-refractivity contribution >= 4 is 28.4 Å². The summed E-state index contributed by atoms with van der Waals surface area (Å²) in [4.78, 5) is 27.9. The first-order valence-corrected chi connectivity index (χ1v) is 8.55. The number of aromatic nitrogens is 4. The maximum absolute atomic E-state index is 11.3. The summed E-state index contributed by atoms with van der Waals surface area (Å²) in [5.74, 6) is 0.795. The van der Waals surface area contributed by atoms with Crippen LogP contribution in [0.4, 0.5) is 17.5 Å². The molecule has 11 heteroatoms. The van der Waals surface area contributed by atoms with Crippen LogP contribution in [0.2, 0.25) is 0 Å². The number of nitro benzene ring substituents is 1. The standard InChI is InChI=1S/C17H17N7O4/c1-27-14-7-12-10(6-13(14)24(25)26)16(21-9-20-12)23-17-19-3-2-11(22-17)15-8-18-4-5-28-15/h2-3,6-7,9,15,18H,4-5,8H2,1H3,(H,19,20,21,22,23). The van der Waals surface area contributed by atoms with Crippen molar-refractivity contribution in [3.63, 3.8) is 0 Å². The summed E-state index contributed by atoms with van der Waals surface area (Å²) in [6.45, 7) is 2.08. The predicted molar refractivity (Wildman–Crippen MR) is 99.6 cm³/mol. The molecular weight excluding hydrogens is 366 g/mol. The van der Waals surface area contributed by atoms with Crippen LogP contribution in [0.15, 0.2) is 30.7 Å². The minimum atomic E-state index is -0.514. The third kappa shape index (κ3) is 3.52. The summed E-state index contributed by atoms with van der Waals surface area (Å²) in [6, 6.07) is 4.66. The van der Waals surface area contributed by atoms with E-state index in [0.29, 0.717) is 35.8 Å². The van der Waals surface area contributed by atoms with Gasteiger partial charge in [0.05, 0.1) is 35.2 Å². The van der Waals surface area contributed by atoms with Crippen LogP contribution in [-0.4, -0.2) is 51.7 Å². The molecule has 0 radical (unpaired) electrons. The van der Waals surface area contributed by atoms with Crippen LogP contribution >= 0.6 is 0 Å². The van der Waals surface area contributed by atoms with Gasteiger partial charge in [-0.05, 0) is 6.07 Å². The summed E-state index contributed by atoms with van der Waals surface area (Å²) in [5, 5.41) is 18.1. The van der Waals surface area contributed by atoms with E-state index in [0.717, 1.165) is 12.2 Å². The fraction of sp³-hybridized carbons (Fsp3) is 0.294. The largest absolute Gasteiger partial charge is 0.490 e. The topological polar surface area (TPSA) is 137 Å². The molecule has 0 aliphatic carbocycles. The van der Waals surface area contributed by atoms with Crippen molar-refractivity contribution in [3.8, 4) is 5.75 Å². The Labute approximate surface area is 159 Å². The van der Waals surface area contributed by atoms with E-state index in [1.807, 2.05) is 0 Å². The number of hydrogen-bond acceptors (Lipinski definition) is 10. The van der Waals surface area contributed by atoms with Gasteiger partial charge in [-0.2, -0.15) is 0 Å². The second kappa shape index (κ2) is 7.66. The van der Waals surface area contributed by atoms with Crippen LogP contribution in [0.1, 0.15) is 11.8 Å². The minimum absolute atomic E-state index is 0.127. The first kappa shape index (κ1) is 17.9. The normalized spacial score (nSPS) is 16.7. The molecule has 0 amide bonds. The molecule has 1 unspecified atom stereocenters. The van der Waals surface area contributed by atoms with Crippen LogP contribution in [0.3, 0.4) is 0 Å². The number of ether oxygens (including phenoxy) is 2. The molecule has 144 valence electrons. The van der Waals surface area contributed by atoms with Crippen LogP contribution in [0, 0.1) is 10.1 Å². The quantitative estimate of drug-likeness (QED) is 0.495. The zero-order chi connectivity index (χ0) is 19.5. The van der Waals surface area contributed by atoms with Crippen molar-refractivity contribution in [1.29, 1.82) is 0 Å². The van der Waals surface area contributed by atoms with Gasteiger partial charge in [0, 0.05) is 31.4 Å². The molecule has 3 aromatic rings. The number of fused-ring (bicyclic) bond motifs is 1. The molecule has 2 N–H and O–H groups in total. The molecule has 1 aliphatic rings. The van der Waals surface area contributed by atoms with Crippen LogP contribution in [0.25, 0.3) is 10.9 Å². The second-order valence-corrected chi connectivity index (χ2v) is 6.01. The highest BCUT2D eigenvalue weighted by molar-refractivity contribution is 5.93. The average Bonchev–Trinajstić information content (AvgIpc) is 2.74. The number of rotatable bonds is 5. The number of anilines is 2. The summed E-state index contributed by atoms with van der Waals surface area (Å²) in [7, 11) is 1.37. The predicted octanol–water partition coefficient (Wildman–Crippen LogP) is 1.74. The number of hydrogen-bond donors (Lipinski definition) is 2. The molecule has 0 saturated carbocycles. The summed E-state index contributed by atoms with van der Waals surface area (Å²) in [6.07, 6.45) is 2.82. The molecule has 28 heavy (non-hydrogen) atoms. The molecule has 0 spiro atoms. The van der Waals surface area contributed by atoms with Gasteiger partial charge in [0.2, 0.25) is 5.95 Å². The Hall–Kier alpha value is -3.44. The van der Waals surface area contributed by atoms with Gasteiger partial charge in [0.1, 0.15) is 18.2 Å². The van der Waals surface area contributed by atoms with E-state index in [9.17, 15) is 10.1 Å². The molecule has 1 aliphatic heterocycles. The monoisotopic (exact) mass is 383 g/mol. The Morgan fingerprint density at radius 1 is 1.36 bits per heavy atom. The first-order valence-electron chi connectivity index (χ1n) is 8.55. The highest BCUT2D eigenvalue weighted by Crippen LogP contribution is 2.34. The van der Waals surface area contributed by atoms with Gasteiger partial charge in [-0.1, -0.05) is 0 Å². The fourth-order valence-electron chi connectivity index (χ4n) is 2.95.